The van der Waals surface area contributed by atoms with Crippen molar-refractivity contribution in [2.75, 3.05) is 4.90 Å². The van der Waals surface area contributed by atoms with Gasteiger partial charge in [-0.3, -0.25) is 0 Å². The van der Waals surface area contributed by atoms with Gasteiger partial charge in [0.05, 0.1) is 16.6 Å². The van der Waals surface area contributed by atoms with E-state index >= 15 is 0 Å². The van der Waals surface area contributed by atoms with Crippen LogP contribution in [0.3, 0.4) is 0 Å². The third-order valence-corrected chi connectivity index (χ3v) is 14.0. The van der Waals surface area contributed by atoms with Crippen molar-refractivity contribution in [1.29, 1.82) is 0 Å². The summed E-state index contributed by atoms with van der Waals surface area (Å²) < 4.78 is 4.90. The smallest absolute Gasteiger partial charge is 0.0541 e. The standard InChI is InChI=1S/C57H47N3/c1-36-19-25-51-46(31-36)47-32-39(21-27-52(47)58(51)43-13-7-4-8-14-43)40-22-28-53-48(33-40)49-34-41(23-29-54(49)59(53)44-15-9-5-10-16-44)42-24-30-55-50(35-42)57-38(3)37(2)20-26-56(57)60(55)45-17-11-6-12-18-45/h4-30,32-34,36,38,42,57H,31,35H2,1-3H3. The zero-order chi connectivity index (χ0) is 40.1. The Bertz CT molecular complexity index is 3190. The first kappa shape index (κ1) is 35.1. The summed E-state index contributed by atoms with van der Waals surface area (Å²) in [4.78, 5) is 2.52. The van der Waals surface area contributed by atoms with E-state index in [1.807, 2.05) is 0 Å². The number of nitrogens with zero attached hydrogens (tertiary/aromatic N) is 3. The zero-order valence-corrected chi connectivity index (χ0v) is 34.4. The van der Waals surface area contributed by atoms with Crippen LogP contribution in [0.4, 0.5) is 5.69 Å². The van der Waals surface area contributed by atoms with Gasteiger partial charge in [0.15, 0.2) is 0 Å². The fourth-order valence-corrected chi connectivity index (χ4v) is 10.9. The highest BCUT2D eigenvalue weighted by molar-refractivity contribution is 6.11. The number of rotatable bonds is 5. The number of allylic oxidation sites excluding steroid dienone is 7. The Morgan fingerprint density at radius 3 is 1.83 bits per heavy atom. The lowest BCUT2D eigenvalue weighted by atomic mass is 9.74. The quantitative estimate of drug-likeness (QED) is 0.170. The van der Waals surface area contributed by atoms with Crippen molar-refractivity contribution in [3.05, 3.63) is 215 Å². The molecule has 0 saturated carbocycles. The van der Waals surface area contributed by atoms with E-state index in [0.29, 0.717) is 23.7 Å². The lowest BCUT2D eigenvalue weighted by molar-refractivity contribution is 0.508. The predicted molar refractivity (Wildman–Crippen MR) is 252 cm³/mol. The third-order valence-electron chi connectivity index (χ3n) is 14.0. The van der Waals surface area contributed by atoms with Crippen molar-refractivity contribution in [1.82, 2.24) is 9.13 Å². The molecule has 4 unspecified atom stereocenters. The van der Waals surface area contributed by atoms with E-state index in [1.54, 1.807) is 5.57 Å². The number of benzene rings is 6. The molecule has 4 aliphatic rings. The summed E-state index contributed by atoms with van der Waals surface area (Å²) in [7, 11) is 0. The van der Waals surface area contributed by atoms with Crippen LogP contribution in [-0.2, 0) is 6.42 Å². The van der Waals surface area contributed by atoms with Crippen LogP contribution in [0.25, 0.3) is 61.3 Å². The maximum atomic E-state index is 2.52. The third kappa shape index (κ3) is 5.35. The van der Waals surface area contributed by atoms with Crippen molar-refractivity contribution in [2.45, 2.75) is 39.5 Å². The molecule has 3 nitrogen and oxygen atoms in total. The molecular formula is C57H47N3. The maximum absolute atomic E-state index is 2.52. The van der Waals surface area contributed by atoms with Gasteiger partial charge < -0.3 is 14.0 Å². The van der Waals surface area contributed by atoms with Crippen LogP contribution in [0.1, 0.15) is 49.9 Å². The fraction of sp³-hybridized carbons (Fsp3) is 0.158. The van der Waals surface area contributed by atoms with Gasteiger partial charge in [-0.15, -0.1) is 0 Å². The van der Waals surface area contributed by atoms with E-state index < -0.39 is 0 Å². The minimum absolute atomic E-state index is 0.292. The van der Waals surface area contributed by atoms with E-state index in [9.17, 15) is 0 Å². The second kappa shape index (κ2) is 13.6. The van der Waals surface area contributed by atoms with Crippen LogP contribution >= 0.6 is 0 Å². The van der Waals surface area contributed by atoms with E-state index in [2.05, 4.69) is 217 Å². The molecule has 1 aliphatic heterocycles. The number of hydrogen-bond donors (Lipinski definition) is 0. The van der Waals surface area contributed by atoms with Gasteiger partial charge in [0.1, 0.15) is 0 Å². The molecule has 3 aliphatic carbocycles. The summed E-state index contributed by atoms with van der Waals surface area (Å²) >= 11 is 0. The molecule has 0 spiro atoms. The zero-order valence-electron chi connectivity index (χ0n) is 34.4. The Hall–Kier alpha value is -6.84. The van der Waals surface area contributed by atoms with Crippen LogP contribution in [-0.4, -0.2) is 9.13 Å². The summed E-state index contributed by atoms with van der Waals surface area (Å²) in [5.41, 5.74) is 19.8. The minimum Gasteiger partial charge on any atom is -0.314 e. The molecule has 2 aromatic heterocycles. The molecule has 3 heteroatoms. The average Bonchev–Trinajstić information content (AvgIpc) is 3.93. The van der Waals surface area contributed by atoms with Gasteiger partial charge in [-0.05, 0) is 150 Å². The maximum Gasteiger partial charge on any atom is 0.0541 e. The summed E-state index contributed by atoms with van der Waals surface area (Å²) in [6, 6.07) is 54.1. The topological polar surface area (TPSA) is 13.1 Å². The van der Waals surface area contributed by atoms with Gasteiger partial charge in [0.25, 0.3) is 0 Å². The number of fused-ring (bicyclic) bond motifs is 8. The molecule has 0 radical (unpaired) electrons. The predicted octanol–water partition coefficient (Wildman–Crippen LogP) is 14.5. The Morgan fingerprint density at radius 2 is 1.13 bits per heavy atom. The van der Waals surface area contributed by atoms with Crippen LogP contribution in [0.5, 0.6) is 0 Å². The van der Waals surface area contributed by atoms with Crippen molar-refractivity contribution in [3.8, 4) is 22.5 Å². The first-order valence-corrected chi connectivity index (χ1v) is 21.7. The van der Waals surface area contributed by atoms with Crippen LogP contribution in [0, 0.1) is 17.8 Å². The molecule has 0 amide bonds. The summed E-state index contributed by atoms with van der Waals surface area (Å²) in [6.45, 7) is 7.05. The van der Waals surface area contributed by atoms with Gasteiger partial charge in [0.2, 0.25) is 0 Å². The van der Waals surface area contributed by atoms with Crippen LogP contribution in [0.15, 0.2) is 199 Å². The molecule has 60 heavy (non-hydrogen) atoms. The van der Waals surface area contributed by atoms with E-state index in [1.165, 1.54) is 94.7 Å². The highest BCUT2D eigenvalue weighted by Gasteiger charge is 2.42. The van der Waals surface area contributed by atoms with Gasteiger partial charge in [-0.1, -0.05) is 110 Å². The van der Waals surface area contributed by atoms with Gasteiger partial charge in [-0.25, -0.2) is 0 Å². The van der Waals surface area contributed by atoms with E-state index in [4.69, 9.17) is 0 Å². The Labute approximate surface area is 352 Å². The molecule has 0 N–H and O–H groups in total. The van der Waals surface area contributed by atoms with Crippen LogP contribution in [0.2, 0.25) is 0 Å². The molecule has 8 aromatic rings. The molecule has 290 valence electrons. The summed E-state index contributed by atoms with van der Waals surface area (Å²) in [5.74, 6) is 1.65. The van der Waals surface area contributed by atoms with Crippen molar-refractivity contribution >= 4 is 44.5 Å². The number of para-hydroxylation sites is 3. The molecule has 0 fully saturated rings. The van der Waals surface area contributed by atoms with Crippen molar-refractivity contribution in [3.63, 3.8) is 0 Å². The second-order valence-corrected chi connectivity index (χ2v) is 17.5. The number of hydrogen-bond acceptors (Lipinski definition) is 1. The SMILES string of the molecule is CC1=CC=C2C(C3=C(C=CC(c4ccc5c(c4)c4cc(-c6ccc7c(c6)c6c(n7-c7ccccc7)C=CC(C)C6)ccc4n5-c4ccccc4)C3)N2c2ccccc2)C1C. The summed E-state index contributed by atoms with van der Waals surface area (Å²) in [6.07, 6.45) is 16.4. The molecule has 3 heterocycles. The molecule has 0 saturated heterocycles. The lowest BCUT2D eigenvalue weighted by Crippen LogP contribution is -2.24. The van der Waals surface area contributed by atoms with Gasteiger partial charge in [0, 0.05) is 62.1 Å². The minimum atomic E-state index is 0.292. The van der Waals surface area contributed by atoms with Crippen molar-refractivity contribution < 1.29 is 0 Å². The Morgan fingerprint density at radius 1 is 0.533 bits per heavy atom. The lowest BCUT2D eigenvalue weighted by Gasteiger charge is -2.31. The molecular weight excluding hydrogens is 727 g/mol. The summed E-state index contributed by atoms with van der Waals surface area (Å²) in [5, 5.41) is 3.94. The first-order valence-electron chi connectivity index (χ1n) is 21.7. The normalized spacial score (nSPS) is 20.8. The van der Waals surface area contributed by atoms with E-state index in [0.717, 1.165) is 12.8 Å². The largest absolute Gasteiger partial charge is 0.314 e. The second-order valence-electron chi connectivity index (χ2n) is 17.5. The highest BCUT2D eigenvalue weighted by atomic mass is 15.2. The molecule has 6 aromatic carbocycles. The first-order chi connectivity index (χ1) is 29.5. The van der Waals surface area contributed by atoms with Crippen molar-refractivity contribution in [2.24, 2.45) is 17.8 Å². The van der Waals surface area contributed by atoms with Gasteiger partial charge in [-0.2, -0.15) is 0 Å². The average molecular weight is 774 g/mol. The van der Waals surface area contributed by atoms with Gasteiger partial charge >= 0.3 is 0 Å². The van der Waals surface area contributed by atoms with Crippen LogP contribution < -0.4 is 4.90 Å². The molecule has 4 atom stereocenters. The number of anilines is 1. The highest BCUT2D eigenvalue weighted by Crippen LogP contribution is 2.53. The van der Waals surface area contributed by atoms with E-state index in [-0.39, 0.29) is 0 Å². The molecule has 0 bridgehead atoms. The fourth-order valence-electron chi connectivity index (χ4n) is 10.9. The Balaban J connectivity index is 0.984. The monoisotopic (exact) mass is 773 g/mol. The molecule has 12 rings (SSSR count). The Kier molecular flexibility index (Phi) is 7.97. The number of aromatic nitrogens is 2.